The number of rotatable bonds is 10. The first-order chi connectivity index (χ1) is 18.4. The van der Waals surface area contributed by atoms with Crippen molar-refractivity contribution >= 4 is 11.9 Å². The zero-order valence-corrected chi connectivity index (χ0v) is 23.9. The largest absolute Gasteiger partial charge is 0.497 e. The Bertz CT molecular complexity index is 956. The maximum atomic E-state index is 12.3. The number of benzene rings is 2. The molecule has 1 saturated carbocycles. The van der Waals surface area contributed by atoms with Crippen LogP contribution in [0.25, 0.3) is 0 Å². The number of amidine groups is 1. The van der Waals surface area contributed by atoms with Crippen LogP contribution >= 0.6 is 0 Å². The molecule has 2 aromatic rings. The summed E-state index contributed by atoms with van der Waals surface area (Å²) < 4.78 is 15.8. The van der Waals surface area contributed by atoms with Gasteiger partial charge in [0.05, 0.1) is 25.7 Å². The van der Waals surface area contributed by atoms with E-state index in [4.69, 9.17) is 19.0 Å². The van der Waals surface area contributed by atoms with Gasteiger partial charge >= 0.3 is 6.09 Å². The van der Waals surface area contributed by atoms with Crippen molar-refractivity contribution in [3.8, 4) is 5.75 Å². The Balaban J connectivity index is 0.000000423. The number of ether oxygens (including phenoxy) is 3. The van der Waals surface area contributed by atoms with Crippen LogP contribution in [0, 0.1) is 0 Å². The number of carbonyl (C=O) groups excluding carboxylic acids is 1. The number of hydrogen-bond donors (Lipinski definition) is 1. The van der Waals surface area contributed by atoms with Crippen LogP contribution in [0.3, 0.4) is 0 Å². The predicted molar refractivity (Wildman–Crippen MR) is 152 cm³/mol. The van der Waals surface area contributed by atoms with Crippen LogP contribution in [0.2, 0.25) is 0 Å². The number of aliphatic imine (C=N–C) groups is 1. The Morgan fingerprint density at radius 1 is 1.08 bits per heavy atom. The molecule has 1 amide bonds. The summed E-state index contributed by atoms with van der Waals surface area (Å²) in [6.45, 7) is 5.63. The molecule has 0 heterocycles. The molecule has 1 aliphatic carbocycles. The van der Waals surface area contributed by atoms with Crippen LogP contribution in [0.4, 0.5) is 4.79 Å². The molecule has 1 N–H and O–H groups in total. The zero-order valence-electron chi connectivity index (χ0n) is 23.9. The highest BCUT2D eigenvalue weighted by Gasteiger charge is 2.42. The minimum Gasteiger partial charge on any atom is -0.497 e. The summed E-state index contributed by atoms with van der Waals surface area (Å²) in [6, 6.07) is 18.5. The highest BCUT2D eigenvalue weighted by atomic mass is 16.6. The zero-order chi connectivity index (χ0) is 27.8. The van der Waals surface area contributed by atoms with Crippen LogP contribution in [0.5, 0.6) is 5.75 Å². The molecule has 3 rings (SSSR count). The number of methoxy groups -OCH3 is 2. The Morgan fingerprint density at radius 2 is 1.79 bits per heavy atom. The Labute approximate surface area is 228 Å². The number of amides is 1. The first-order valence-electron chi connectivity index (χ1n) is 13.4. The molecule has 1 fully saturated rings. The summed E-state index contributed by atoms with van der Waals surface area (Å²) in [7, 11) is 6.82. The van der Waals surface area contributed by atoms with E-state index in [0.717, 1.165) is 43.7 Å². The van der Waals surface area contributed by atoms with Crippen molar-refractivity contribution in [2.45, 2.75) is 57.5 Å². The molecule has 2 aromatic carbocycles. The molecule has 0 unspecified atom stereocenters. The van der Waals surface area contributed by atoms with Gasteiger partial charge in [-0.05, 0) is 62.3 Å². The first kappa shape index (κ1) is 31.1. The SMILES string of the molecule is CCONC(=NC)C1(c2ccccc2)CCC(OC(=O)N(C)CCOC)CC1.CCc1cccc(OC)c1. The fraction of sp³-hybridized carbons (Fsp3) is 0.533. The molecule has 0 saturated heterocycles. The van der Waals surface area contributed by atoms with E-state index < -0.39 is 0 Å². The summed E-state index contributed by atoms with van der Waals surface area (Å²) in [5.41, 5.74) is 5.30. The number of nitrogens with one attached hydrogen (secondary N) is 1. The molecule has 1 aliphatic rings. The van der Waals surface area contributed by atoms with Crippen molar-refractivity contribution in [2.75, 3.05) is 48.1 Å². The predicted octanol–water partition coefficient (Wildman–Crippen LogP) is 5.41. The fourth-order valence-electron chi connectivity index (χ4n) is 4.56. The van der Waals surface area contributed by atoms with E-state index in [-0.39, 0.29) is 17.6 Å². The molecule has 0 atom stereocenters. The number of nitrogens with zero attached hydrogens (tertiary/aromatic N) is 2. The van der Waals surface area contributed by atoms with Crippen molar-refractivity contribution in [1.29, 1.82) is 0 Å². The summed E-state index contributed by atoms with van der Waals surface area (Å²) in [5, 5.41) is 0. The van der Waals surface area contributed by atoms with Gasteiger partial charge in [0.1, 0.15) is 17.7 Å². The number of likely N-dealkylation sites (N-methyl/N-ethyl adjacent to an activating group) is 1. The minimum absolute atomic E-state index is 0.0977. The molecule has 210 valence electrons. The standard InChI is InChI=1S/C21H33N3O4.C9H12O/c1-5-27-23-19(22-2)21(17-9-7-6-8-10-17)13-11-18(12-14-21)28-20(25)24(3)15-16-26-4;1-3-8-5-4-6-9(7-8)10-2/h6-10,18H,5,11-16H2,1-4H3,(H,22,23);4-7H,3H2,1-2H3. The summed E-state index contributed by atoms with van der Waals surface area (Å²) >= 11 is 0. The van der Waals surface area contributed by atoms with Gasteiger partial charge in [-0.15, -0.1) is 0 Å². The molecular weight excluding hydrogens is 482 g/mol. The summed E-state index contributed by atoms with van der Waals surface area (Å²) in [4.78, 5) is 23.8. The molecule has 0 radical (unpaired) electrons. The van der Waals surface area contributed by atoms with Crippen molar-refractivity contribution in [2.24, 2.45) is 4.99 Å². The average Bonchev–Trinajstić information content (AvgIpc) is 2.97. The van der Waals surface area contributed by atoms with Gasteiger partial charge in [0.15, 0.2) is 0 Å². The number of hydroxylamine groups is 1. The van der Waals surface area contributed by atoms with E-state index in [9.17, 15) is 4.79 Å². The third-order valence-corrected chi connectivity index (χ3v) is 6.86. The number of aryl methyl sites for hydroxylation is 1. The van der Waals surface area contributed by atoms with Gasteiger partial charge in [-0.3, -0.25) is 15.3 Å². The quantitative estimate of drug-likeness (QED) is 0.253. The lowest BCUT2D eigenvalue weighted by Crippen LogP contribution is -2.48. The highest BCUT2D eigenvalue weighted by Crippen LogP contribution is 2.41. The monoisotopic (exact) mass is 527 g/mol. The van der Waals surface area contributed by atoms with Crippen molar-refractivity contribution in [1.82, 2.24) is 10.4 Å². The smallest absolute Gasteiger partial charge is 0.409 e. The van der Waals surface area contributed by atoms with Crippen molar-refractivity contribution < 1.29 is 23.8 Å². The summed E-state index contributed by atoms with van der Waals surface area (Å²) in [6.07, 6.45) is 3.85. The molecule has 8 nitrogen and oxygen atoms in total. The van der Waals surface area contributed by atoms with Gasteiger partial charge in [-0.2, -0.15) is 0 Å². The topological polar surface area (TPSA) is 81.6 Å². The third kappa shape index (κ3) is 9.03. The van der Waals surface area contributed by atoms with Gasteiger partial charge in [0, 0.05) is 27.7 Å². The van der Waals surface area contributed by atoms with Crippen LogP contribution < -0.4 is 10.2 Å². The molecular formula is C30H45N3O5. The lowest BCUT2D eigenvalue weighted by molar-refractivity contribution is 0.0362. The highest BCUT2D eigenvalue weighted by molar-refractivity contribution is 5.92. The van der Waals surface area contributed by atoms with E-state index in [1.165, 1.54) is 11.1 Å². The number of hydrogen-bond acceptors (Lipinski definition) is 6. The van der Waals surface area contributed by atoms with E-state index in [2.05, 4.69) is 41.7 Å². The van der Waals surface area contributed by atoms with E-state index in [1.54, 1.807) is 33.2 Å². The maximum absolute atomic E-state index is 12.3. The maximum Gasteiger partial charge on any atom is 0.409 e. The second-order valence-electron chi connectivity index (χ2n) is 9.26. The second-order valence-corrected chi connectivity index (χ2v) is 9.26. The molecule has 38 heavy (non-hydrogen) atoms. The Hall–Kier alpha value is -3.10. The van der Waals surface area contributed by atoms with Crippen molar-refractivity contribution in [3.63, 3.8) is 0 Å². The molecule has 0 spiro atoms. The summed E-state index contributed by atoms with van der Waals surface area (Å²) in [5.74, 6) is 1.77. The lowest BCUT2D eigenvalue weighted by atomic mass is 9.67. The Morgan fingerprint density at radius 3 is 2.37 bits per heavy atom. The van der Waals surface area contributed by atoms with E-state index in [0.29, 0.717) is 19.8 Å². The average molecular weight is 528 g/mol. The first-order valence-corrected chi connectivity index (χ1v) is 13.4. The van der Waals surface area contributed by atoms with Gasteiger partial charge in [-0.1, -0.05) is 49.4 Å². The van der Waals surface area contributed by atoms with Gasteiger partial charge in [0.25, 0.3) is 0 Å². The number of carbonyl (C=O) groups is 1. The lowest BCUT2D eigenvalue weighted by Gasteiger charge is -2.41. The van der Waals surface area contributed by atoms with E-state index in [1.807, 2.05) is 37.3 Å². The molecule has 8 heteroatoms. The van der Waals surface area contributed by atoms with Gasteiger partial charge in [0.2, 0.25) is 0 Å². The van der Waals surface area contributed by atoms with E-state index >= 15 is 0 Å². The molecule has 0 bridgehead atoms. The molecule has 0 aliphatic heterocycles. The normalized spacial score (nSPS) is 19.1. The van der Waals surface area contributed by atoms with Crippen molar-refractivity contribution in [3.05, 3.63) is 65.7 Å². The fourth-order valence-corrected chi connectivity index (χ4v) is 4.56. The van der Waals surface area contributed by atoms with Crippen LogP contribution in [0.1, 0.15) is 50.7 Å². The van der Waals surface area contributed by atoms with Crippen LogP contribution in [-0.4, -0.2) is 71.0 Å². The minimum atomic E-state index is -0.300. The van der Waals surface area contributed by atoms with Crippen LogP contribution in [-0.2, 0) is 26.1 Å². The molecule has 0 aromatic heterocycles. The van der Waals surface area contributed by atoms with Gasteiger partial charge < -0.3 is 19.1 Å². The van der Waals surface area contributed by atoms with Crippen LogP contribution in [0.15, 0.2) is 59.6 Å². The van der Waals surface area contributed by atoms with Gasteiger partial charge in [-0.25, -0.2) is 4.79 Å². The Kier molecular flexibility index (Phi) is 13.7. The second kappa shape index (κ2) is 16.7. The third-order valence-electron chi connectivity index (χ3n) is 6.86.